The lowest BCUT2D eigenvalue weighted by Crippen LogP contribution is -2.37. The number of nitrogens with one attached hydrogen (secondary N) is 2. The van der Waals surface area contributed by atoms with E-state index >= 15 is 8.78 Å². The summed E-state index contributed by atoms with van der Waals surface area (Å²) in [5.74, 6) is 0.753. The summed E-state index contributed by atoms with van der Waals surface area (Å²) >= 11 is 9.28. The molecule has 5 aliphatic rings. The Morgan fingerprint density at radius 3 is 1.85 bits per heavy atom. The van der Waals surface area contributed by atoms with Gasteiger partial charge < -0.3 is 29.5 Å². The monoisotopic (exact) mass is 746 g/mol. The molecule has 3 saturated heterocycles. The maximum Gasteiger partial charge on any atom is 0.386 e. The maximum atomic E-state index is 16.2. The fourth-order valence-corrected chi connectivity index (χ4v) is 8.79. The number of ether oxygens (including phenoxy) is 2. The number of rotatable bonds is 0. The molecule has 2 unspecified atom stereocenters. The molecule has 10 atom stereocenters. The third-order valence-corrected chi connectivity index (χ3v) is 11.2. The largest absolute Gasteiger partial charge is 0.386 e. The molecule has 0 amide bonds. The summed E-state index contributed by atoms with van der Waals surface area (Å²) < 4.78 is 82.8. The van der Waals surface area contributed by atoms with Gasteiger partial charge in [0.25, 0.3) is 0 Å². The Labute approximate surface area is 279 Å². The van der Waals surface area contributed by atoms with Gasteiger partial charge in [0.05, 0.1) is 25.9 Å². The first-order valence-corrected chi connectivity index (χ1v) is 19.8. The van der Waals surface area contributed by atoms with Crippen molar-refractivity contribution < 1.29 is 45.8 Å². The van der Waals surface area contributed by atoms with Crippen molar-refractivity contribution in [3.8, 4) is 0 Å². The summed E-state index contributed by atoms with van der Waals surface area (Å²) in [5.41, 5.74) is 1.09. The molecular formula is C24H26F2N10O8P2S2. The summed E-state index contributed by atoms with van der Waals surface area (Å²) in [6.07, 6.45) is -3.72. The molecule has 0 radical (unpaired) electrons. The Kier molecular flexibility index (Phi) is 8.48. The number of hydrogen-bond acceptors (Lipinski definition) is 16. The van der Waals surface area contributed by atoms with Crippen LogP contribution in [0.5, 0.6) is 0 Å². The van der Waals surface area contributed by atoms with Gasteiger partial charge in [0.15, 0.2) is 58.8 Å². The Hall–Kier alpha value is -2.75. The first-order chi connectivity index (χ1) is 23.1. The highest BCUT2D eigenvalue weighted by atomic mass is 32.7. The number of hydrogen-bond donors (Lipinski definition) is 4. The van der Waals surface area contributed by atoms with Gasteiger partial charge in [-0.05, 0) is 11.8 Å². The van der Waals surface area contributed by atoms with Crippen LogP contribution in [0.25, 0.3) is 22.3 Å². The fraction of sp³-hybridized carbons (Fsp3) is 0.500. The Morgan fingerprint density at radius 1 is 0.812 bits per heavy atom. The van der Waals surface area contributed by atoms with Crippen molar-refractivity contribution in [1.29, 1.82) is 0 Å². The van der Waals surface area contributed by atoms with Crippen molar-refractivity contribution in [3.05, 3.63) is 37.5 Å². The maximum absolute atomic E-state index is 16.2. The quantitative estimate of drug-likeness (QED) is 0.116. The Balaban J connectivity index is 1.21. The summed E-state index contributed by atoms with van der Waals surface area (Å²) in [4.78, 5) is 36.8. The molecule has 4 aromatic heterocycles. The van der Waals surface area contributed by atoms with E-state index in [-0.39, 0.29) is 11.3 Å². The minimum atomic E-state index is -4.38. The van der Waals surface area contributed by atoms with Gasteiger partial charge in [-0.1, -0.05) is 24.4 Å². The van der Waals surface area contributed by atoms with Crippen LogP contribution in [0.4, 0.5) is 20.4 Å². The third kappa shape index (κ3) is 5.91. The molecule has 3 fully saturated rings. The first-order valence-electron chi connectivity index (χ1n) is 14.5. The molecule has 0 saturated carbocycles. The number of aromatic nitrogens is 8. The molecule has 48 heavy (non-hydrogen) atoms. The van der Waals surface area contributed by atoms with Crippen LogP contribution in [-0.4, -0.2) is 107 Å². The first kappa shape index (κ1) is 32.5. The van der Waals surface area contributed by atoms with Crippen LogP contribution in [0.2, 0.25) is 0 Å². The molecule has 4 aromatic rings. The zero-order valence-corrected chi connectivity index (χ0v) is 27.8. The number of anilines is 2. The van der Waals surface area contributed by atoms with Gasteiger partial charge in [-0.25, -0.2) is 43.2 Å². The van der Waals surface area contributed by atoms with Crippen molar-refractivity contribution >= 4 is 71.5 Å². The highest BCUT2D eigenvalue weighted by molar-refractivity contribution is 8.44. The molecule has 5 aliphatic heterocycles. The van der Waals surface area contributed by atoms with E-state index in [1.165, 1.54) is 34.4 Å². The topological polar surface area (TPSA) is 204 Å². The minimum absolute atomic E-state index is 0.222. The van der Waals surface area contributed by atoms with Crippen molar-refractivity contribution in [3.63, 3.8) is 0 Å². The molecule has 24 heteroatoms. The zero-order chi connectivity index (χ0) is 33.2. The molecule has 18 nitrogen and oxygen atoms in total. The molecule has 9 heterocycles. The highest BCUT2D eigenvalue weighted by Gasteiger charge is 2.54. The predicted molar refractivity (Wildman–Crippen MR) is 169 cm³/mol. The normalized spacial score (nSPS) is 38.0. The lowest BCUT2D eigenvalue weighted by Gasteiger charge is -2.29. The molecule has 3 N–H and O–H groups in total. The third-order valence-electron chi connectivity index (χ3n) is 8.05. The highest BCUT2D eigenvalue weighted by Crippen LogP contribution is 2.58. The van der Waals surface area contributed by atoms with E-state index in [1.54, 1.807) is 0 Å². The smallest absolute Gasteiger partial charge is 0.365 e. The lowest BCUT2D eigenvalue weighted by molar-refractivity contribution is -0.0564. The van der Waals surface area contributed by atoms with E-state index in [0.717, 1.165) is 0 Å². The lowest BCUT2D eigenvalue weighted by atomic mass is 10.1. The summed E-state index contributed by atoms with van der Waals surface area (Å²) in [6.45, 7) is -9.13. The van der Waals surface area contributed by atoms with E-state index in [1.807, 2.05) is 12.2 Å². The van der Waals surface area contributed by atoms with Gasteiger partial charge in [0, 0.05) is 13.1 Å². The van der Waals surface area contributed by atoms with E-state index < -0.39 is 75.9 Å². The molecule has 9 rings (SSSR count). The van der Waals surface area contributed by atoms with E-state index in [4.69, 9.17) is 39.4 Å². The van der Waals surface area contributed by atoms with E-state index in [9.17, 15) is 9.46 Å². The van der Waals surface area contributed by atoms with E-state index in [0.29, 0.717) is 35.8 Å². The predicted octanol–water partition coefficient (Wildman–Crippen LogP) is 2.60. The number of fused-ring (bicyclic) bond motifs is 10. The number of nitrogens with zero attached hydrogens (tertiary/aromatic N) is 8. The second-order valence-corrected chi connectivity index (χ2v) is 16.7. The summed E-state index contributed by atoms with van der Waals surface area (Å²) in [7, 11) is 0. The molecule has 14 bridgehead atoms. The fourth-order valence-electron chi connectivity index (χ4n) is 5.87. The van der Waals surface area contributed by atoms with Crippen LogP contribution in [0.15, 0.2) is 37.5 Å². The van der Waals surface area contributed by atoms with Crippen LogP contribution in [0, 0.1) is 0 Å². The van der Waals surface area contributed by atoms with Crippen molar-refractivity contribution in [2.45, 2.75) is 49.2 Å². The molecule has 0 aliphatic carbocycles. The van der Waals surface area contributed by atoms with Gasteiger partial charge in [-0.15, -0.1) is 0 Å². The summed E-state index contributed by atoms with van der Waals surface area (Å²) in [6, 6.07) is 0. The van der Waals surface area contributed by atoms with Crippen LogP contribution in [-0.2, 0) is 43.9 Å². The molecule has 256 valence electrons. The average Bonchev–Trinajstić information content (AvgIpc) is 3.81. The minimum Gasteiger partial charge on any atom is -0.365 e. The standard InChI is InChI=1S/C24H26F2N10O8P2S2/c25-13-17-11-5-39-46(38,48)44-18-12(6-40-45(37,47)43-17)42-24(14(18)26)36-10-34-16-20(30-8-32-22(16)36)28-4-2-1-3-27-19-15-21(31-7-29-19)35(9-33-15)23(13)41-11/h1-2,7-14,17-18,23-24H,3-6H2,(H,37,47)(H,38,48)(H,27,29,31)(H,28,30,32)/b2-1-/t11-,12-,13-,14-,17-,18-,23-,24-,45?,46?/m1/s1. The zero-order valence-electron chi connectivity index (χ0n) is 24.3. The van der Waals surface area contributed by atoms with Gasteiger partial charge in [0.2, 0.25) is 0 Å². The number of alkyl halides is 2. The van der Waals surface area contributed by atoms with Gasteiger partial charge >= 0.3 is 13.5 Å². The van der Waals surface area contributed by atoms with Crippen LogP contribution in [0.3, 0.4) is 0 Å². The number of thiol groups is 1. The Morgan fingerprint density at radius 2 is 1.31 bits per heavy atom. The van der Waals surface area contributed by atoms with Crippen molar-refractivity contribution in [2.75, 3.05) is 36.9 Å². The SMILES string of the molecule is O=P1(S)OC[C@H]2O[C@@H]3[C@H](F)[C@@H]2OP(O)(=S)OC[C@H]2O[C@H]([C@H](F)[C@@H]2O1)n1cnc2c(ncnc21)NC/C=C\CNc1ncnc2c1ncn23. The van der Waals surface area contributed by atoms with Crippen LogP contribution in [0.1, 0.15) is 12.5 Å². The van der Waals surface area contributed by atoms with Crippen LogP contribution >= 0.6 is 25.8 Å². The Bertz CT molecular complexity index is 1860. The summed E-state index contributed by atoms with van der Waals surface area (Å²) in [5, 5.41) is 6.30. The number of imidazole rings is 2. The van der Waals surface area contributed by atoms with E-state index in [2.05, 4.69) is 52.8 Å². The van der Waals surface area contributed by atoms with Crippen LogP contribution < -0.4 is 10.6 Å². The second-order valence-electron chi connectivity index (χ2n) is 11.0. The van der Waals surface area contributed by atoms with Crippen molar-refractivity contribution in [1.82, 2.24) is 39.0 Å². The molecular weight excluding hydrogens is 720 g/mol. The number of halogens is 2. The molecule has 0 spiro atoms. The van der Waals surface area contributed by atoms with Gasteiger partial charge in [-0.2, -0.15) is 0 Å². The molecule has 0 aromatic carbocycles. The second kappa shape index (κ2) is 12.5. The van der Waals surface area contributed by atoms with Gasteiger partial charge in [-0.3, -0.25) is 22.7 Å². The average molecular weight is 747 g/mol. The van der Waals surface area contributed by atoms with Crippen molar-refractivity contribution in [2.24, 2.45) is 0 Å². The van der Waals surface area contributed by atoms with Gasteiger partial charge in [0.1, 0.15) is 37.1 Å².